The molecule has 37 heavy (non-hydrogen) atoms. The second-order valence-corrected chi connectivity index (χ2v) is 9.03. The molecule has 4 atom stereocenters. The molecule has 4 unspecified atom stereocenters. The molecule has 0 aromatic heterocycles. The topological polar surface area (TPSA) is 191 Å². The van der Waals surface area contributed by atoms with E-state index in [0.29, 0.717) is 11.1 Å². The van der Waals surface area contributed by atoms with Crippen molar-refractivity contribution in [3.05, 3.63) is 65.7 Å². The fourth-order valence-electron chi connectivity index (χ4n) is 3.44. The Hall–Kier alpha value is -3.96. The summed E-state index contributed by atoms with van der Waals surface area (Å²) >= 11 is 0. The number of amides is 3. The van der Waals surface area contributed by atoms with Crippen LogP contribution in [-0.4, -0.2) is 69.8 Å². The minimum absolute atomic E-state index is 0.00661. The number of nitrogens with one attached hydrogen (secondary N) is 3. The summed E-state index contributed by atoms with van der Waals surface area (Å²) in [5, 5.41) is 36.2. The Labute approximate surface area is 215 Å². The van der Waals surface area contributed by atoms with Gasteiger partial charge in [-0.25, -0.2) is 4.79 Å². The molecule has 8 N–H and O–H groups in total. The zero-order chi connectivity index (χ0) is 27.5. The molecule has 0 bridgehead atoms. The minimum Gasteiger partial charge on any atom is -0.508 e. The van der Waals surface area contributed by atoms with E-state index in [2.05, 4.69) is 16.0 Å². The predicted octanol–water partition coefficient (Wildman–Crippen LogP) is -0.308. The first kappa shape index (κ1) is 29.3. The number of hydrogen-bond donors (Lipinski definition) is 7. The maximum Gasteiger partial charge on any atom is 0.326 e. The lowest BCUT2D eigenvalue weighted by molar-refractivity contribution is -0.142. The molecule has 200 valence electrons. The van der Waals surface area contributed by atoms with Gasteiger partial charge in [-0.05, 0) is 29.2 Å². The number of phenols is 1. The van der Waals surface area contributed by atoms with E-state index in [0.717, 1.165) is 0 Å². The molecule has 0 heterocycles. The van der Waals surface area contributed by atoms with Gasteiger partial charge in [0.1, 0.15) is 23.9 Å². The zero-order valence-corrected chi connectivity index (χ0v) is 20.8. The second-order valence-electron chi connectivity index (χ2n) is 9.03. The summed E-state index contributed by atoms with van der Waals surface area (Å²) in [5.41, 5.74) is 7.07. The summed E-state index contributed by atoms with van der Waals surface area (Å²) in [6.45, 7) is 2.71. The Morgan fingerprint density at radius 3 is 1.78 bits per heavy atom. The average Bonchev–Trinajstić information content (AvgIpc) is 2.87. The van der Waals surface area contributed by atoms with E-state index in [-0.39, 0.29) is 24.5 Å². The smallest absolute Gasteiger partial charge is 0.326 e. The lowest BCUT2D eigenvalue weighted by Crippen LogP contribution is -2.59. The Bertz CT molecular complexity index is 1060. The number of carboxylic acid groups (broad SMARTS) is 1. The molecular weight excluding hydrogens is 480 g/mol. The average molecular weight is 515 g/mol. The number of nitrogens with two attached hydrogens (primary N) is 1. The van der Waals surface area contributed by atoms with Crippen LogP contribution in [0.2, 0.25) is 0 Å². The van der Waals surface area contributed by atoms with Gasteiger partial charge in [-0.15, -0.1) is 0 Å². The van der Waals surface area contributed by atoms with Gasteiger partial charge in [0.15, 0.2) is 0 Å². The molecule has 0 aliphatic heterocycles. The summed E-state index contributed by atoms with van der Waals surface area (Å²) in [6.07, 6.45) is -0.0304. The Morgan fingerprint density at radius 1 is 0.757 bits per heavy atom. The van der Waals surface area contributed by atoms with Gasteiger partial charge in [-0.1, -0.05) is 56.3 Å². The number of benzene rings is 2. The zero-order valence-electron chi connectivity index (χ0n) is 20.8. The van der Waals surface area contributed by atoms with Crippen LogP contribution in [0.15, 0.2) is 54.6 Å². The number of aliphatic carboxylic acids is 1. The molecule has 0 radical (unpaired) electrons. The van der Waals surface area contributed by atoms with Crippen LogP contribution in [-0.2, 0) is 32.0 Å². The molecule has 2 aromatic carbocycles. The van der Waals surface area contributed by atoms with Crippen molar-refractivity contribution >= 4 is 23.7 Å². The summed E-state index contributed by atoms with van der Waals surface area (Å²) in [6, 6.07) is 9.84. The third-order valence-electron chi connectivity index (χ3n) is 5.74. The normalized spacial score (nSPS) is 14.2. The van der Waals surface area contributed by atoms with Crippen molar-refractivity contribution in [3.63, 3.8) is 0 Å². The van der Waals surface area contributed by atoms with Gasteiger partial charge in [0.25, 0.3) is 0 Å². The maximum absolute atomic E-state index is 13.2. The SMILES string of the molecule is CC(C)C(N)C(=O)NC(CO)C(=O)NC(Cc1ccc(O)cc1)C(=O)NC(Cc1ccccc1)C(=O)O. The number of phenolic OH excluding ortho intramolecular Hbond substituents is 1. The van der Waals surface area contributed by atoms with Crippen LogP contribution in [0.25, 0.3) is 0 Å². The first-order valence-corrected chi connectivity index (χ1v) is 11.8. The Morgan fingerprint density at radius 2 is 1.24 bits per heavy atom. The molecule has 0 saturated heterocycles. The van der Waals surface area contributed by atoms with E-state index >= 15 is 0 Å². The van der Waals surface area contributed by atoms with Gasteiger partial charge in [0, 0.05) is 12.8 Å². The van der Waals surface area contributed by atoms with Crippen LogP contribution < -0.4 is 21.7 Å². The van der Waals surface area contributed by atoms with Crippen LogP contribution in [0.3, 0.4) is 0 Å². The van der Waals surface area contributed by atoms with Crippen molar-refractivity contribution < 1.29 is 34.5 Å². The van der Waals surface area contributed by atoms with E-state index in [4.69, 9.17) is 5.73 Å². The number of carbonyl (C=O) groups excluding carboxylic acids is 3. The number of carboxylic acids is 1. The van der Waals surface area contributed by atoms with E-state index in [1.54, 1.807) is 56.3 Å². The fraction of sp³-hybridized carbons (Fsp3) is 0.385. The summed E-state index contributed by atoms with van der Waals surface area (Å²) in [4.78, 5) is 50.2. The van der Waals surface area contributed by atoms with Crippen molar-refractivity contribution in [2.24, 2.45) is 11.7 Å². The predicted molar refractivity (Wildman–Crippen MR) is 135 cm³/mol. The third kappa shape index (κ3) is 9.21. The van der Waals surface area contributed by atoms with Gasteiger partial charge in [-0.2, -0.15) is 0 Å². The van der Waals surface area contributed by atoms with Crippen molar-refractivity contribution in [1.82, 2.24) is 16.0 Å². The molecule has 3 amide bonds. The van der Waals surface area contributed by atoms with Gasteiger partial charge >= 0.3 is 5.97 Å². The van der Waals surface area contributed by atoms with Gasteiger partial charge in [-0.3, -0.25) is 14.4 Å². The van der Waals surface area contributed by atoms with Crippen LogP contribution in [0.4, 0.5) is 0 Å². The summed E-state index contributed by atoms with van der Waals surface area (Å²) < 4.78 is 0. The molecule has 0 fully saturated rings. The molecule has 0 aliphatic carbocycles. The largest absolute Gasteiger partial charge is 0.508 e. The number of aromatic hydroxyl groups is 1. The van der Waals surface area contributed by atoms with Crippen LogP contribution in [0.1, 0.15) is 25.0 Å². The number of carbonyl (C=O) groups is 4. The van der Waals surface area contributed by atoms with Crippen LogP contribution in [0, 0.1) is 5.92 Å². The lowest BCUT2D eigenvalue weighted by atomic mass is 10.0. The highest BCUT2D eigenvalue weighted by Crippen LogP contribution is 2.12. The standard InChI is InChI=1S/C26H34N4O7/c1-15(2)22(27)25(35)30-21(14-31)24(34)28-19(12-17-8-10-18(32)11-9-17)23(33)29-20(26(36)37)13-16-6-4-3-5-7-16/h3-11,15,19-22,31-32H,12-14,27H2,1-2H3,(H,28,34)(H,29,33)(H,30,35)(H,36,37). The highest BCUT2D eigenvalue weighted by molar-refractivity contribution is 5.94. The van der Waals surface area contributed by atoms with Crippen LogP contribution >= 0.6 is 0 Å². The molecule has 2 aromatic rings. The van der Waals surface area contributed by atoms with Crippen LogP contribution in [0.5, 0.6) is 5.75 Å². The molecular formula is C26H34N4O7. The first-order valence-electron chi connectivity index (χ1n) is 11.8. The molecule has 11 heteroatoms. The minimum atomic E-state index is -1.38. The van der Waals surface area contributed by atoms with Crippen molar-refractivity contribution in [2.45, 2.75) is 50.9 Å². The monoisotopic (exact) mass is 514 g/mol. The maximum atomic E-state index is 13.2. The molecule has 0 saturated carbocycles. The van der Waals surface area contributed by atoms with E-state index < -0.39 is 54.5 Å². The van der Waals surface area contributed by atoms with Gasteiger partial charge in [0.05, 0.1) is 12.6 Å². The van der Waals surface area contributed by atoms with Gasteiger partial charge < -0.3 is 37.0 Å². The number of aliphatic hydroxyl groups is 1. The molecule has 2 rings (SSSR count). The Kier molecular flexibility index (Phi) is 11.0. The van der Waals surface area contributed by atoms with Gasteiger partial charge in [0.2, 0.25) is 17.7 Å². The van der Waals surface area contributed by atoms with Crippen molar-refractivity contribution in [3.8, 4) is 5.75 Å². The molecule has 0 aliphatic rings. The Balaban J connectivity index is 2.22. The van der Waals surface area contributed by atoms with E-state index in [1.165, 1.54) is 12.1 Å². The van der Waals surface area contributed by atoms with Crippen molar-refractivity contribution in [1.29, 1.82) is 0 Å². The molecule has 11 nitrogen and oxygen atoms in total. The number of aliphatic hydroxyl groups excluding tert-OH is 1. The highest BCUT2D eigenvalue weighted by Gasteiger charge is 2.30. The second kappa shape index (κ2) is 14.0. The number of hydrogen-bond acceptors (Lipinski definition) is 7. The quantitative estimate of drug-likeness (QED) is 0.189. The fourth-order valence-corrected chi connectivity index (χ4v) is 3.44. The summed E-state index contributed by atoms with van der Waals surface area (Å²) in [7, 11) is 0. The lowest BCUT2D eigenvalue weighted by Gasteiger charge is -2.25. The van der Waals surface area contributed by atoms with E-state index in [9.17, 15) is 34.5 Å². The highest BCUT2D eigenvalue weighted by atomic mass is 16.4. The van der Waals surface area contributed by atoms with E-state index in [1.807, 2.05) is 0 Å². The van der Waals surface area contributed by atoms with Crippen molar-refractivity contribution in [2.75, 3.05) is 6.61 Å². The third-order valence-corrected chi connectivity index (χ3v) is 5.74. The number of rotatable bonds is 13. The molecule has 0 spiro atoms. The summed E-state index contributed by atoms with van der Waals surface area (Å²) in [5.74, 6) is -3.72. The first-order chi connectivity index (χ1) is 17.5.